The molecule has 2 amide bonds. The summed E-state index contributed by atoms with van der Waals surface area (Å²) in [6.45, 7) is 5.42. The highest BCUT2D eigenvalue weighted by molar-refractivity contribution is 6.07. The lowest BCUT2D eigenvalue weighted by molar-refractivity contribution is -0.119. The van der Waals surface area contributed by atoms with Crippen LogP contribution in [0.2, 0.25) is 0 Å². The molecule has 0 saturated heterocycles. The van der Waals surface area contributed by atoms with Crippen molar-refractivity contribution in [3.63, 3.8) is 0 Å². The summed E-state index contributed by atoms with van der Waals surface area (Å²) in [4.78, 5) is 24.7. The third-order valence-electron chi connectivity index (χ3n) is 4.97. The molecular weight excluding hydrogens is 359 g/mol. The number of carbonyl (C=O) groups excluding carboxylic acids is 2. The van der Waals surface area contributed by atoms with Crippen molar-refractivity contribution in [1.29, 1.82) is 0 Å². The molecule has 0 radical (unpaired) electrons. The fraction of sp³-hybridized carbons (Fsp3) is 0.190. The Balaban J connectivity index is 1.61. The number of amides is 2. The van der Waals surface area contributed by atoms with Crippen LogP contribution in [0.3, 0.4) is 0 Å². The Bertz CT molecular complexity index is 1120. The van der Waals surface area contributed by atoms with Gasteiger partial charge in [0.2, 0.25) is 5.91 Å². The third kappa shape index (κ3) is 2.85. The number of nitrogens with zero attached hydrogens (tertiary/aromatic N) is 2. The van der Waals surface area contributed by atoms with Crippen molar-refractivity contribution in [1.82, 2.24) is 9.78 Å². The number of carbonyl (C=O) groups is 2. The SMILES string of the molecule is Cc1cc(C(=O)Nc2ccc3c(c2)C(C)(C)C(=O)N3)nn1-c1ccccc1F. The Morgan fingerprint density at radius 3 is 2.68 bits per heavy atom. The van der Waals surface area contributed by atoms with E-state index in [0.29, 0.717) is 11.4 Å². The number of nitrogens with one attached hydrogen (secondary N) is 2. The van der Waals surface area contributed by atoms with E-state index in [0.717, 1.165) is 11.3 Å². The molecule has 28 heavy (non-hydrogen) atoms. The molecule has 1 aromatic heterocycles. The van der Waals surface area contributed by atoms with Crippen LogP contribution < -0.4 is 10.6 Å². The molecule has 142 valence electrons. The van der Waals surface area contributed by atoms with E-state index < -0.39 is 17.1 Å². The molecule has 4 rings (SSSR count). The lowest BCUT2D eigenvalue weighted by Gasteiger charge is -2.15. The molecule has 0 unspecified atom stereocenters. The van der Waals surface area contributed by atoms with Crippen LogP contribution in [-0.4, -0.2) is 21.6 Å². The lowest BCUT2D eigenvalue weighted by Crippen LogP contribution is -2.26. The molecule has 0 atom stereocenters. The minimum absolute atomic E-state index is 0.0785. The average Bonchev–Trinajstić information content (AvgIpc) is 3.14. The van der Waals surface area contributed by atoms with Crippen molar-refractivity contribution in [2.24, 2.45) is 0 Å². The Morgan fingerprint density at radius 2 is 1.93 bits per heavy atom. The first-order valence-corrected chi connectivity index (χ1v) is 8.86. The Labute approximate surface area is 161 Å². The second-order valence-electron chi connectivity index (χ2n) is 7.33. The van der Waals surface area contributed by atoms with Gasteiger partial charge in [0.25, 0.3) is 5.91 Å². The summed E-state index contributed by atoms with van der Waals surface area (Å²) in [6, 6.07) is 13.1. The number of benzene rings is 2. The number of hydrogen-bond donors (Lipinski definition) is 2. The van der Waals surface area contributed by atoms with Gasteiger partial charge in [0.1, 0.15) is 11.5 Å². The highest BCUT2D eigenvalue weighted by Gasteiger charge is 2.38. The minimum Gasteiger partial charge on any atom is -0.325 e. The van der Waals surface area contributed by atoms with Gasteiger partial charge in [0, 0.05) is 17.1 Å². The molecule has 2 N–H and O–H groups in total. The highest BCUT2D eigenvalue weighted by Crippen LogP contribution is 2.38. The normalized spacial score (nSPS) is 14.5. The van der Waals surface area contributed by atoms with E-state index in [9.17, 15) is 14.0 Å². The first kappa shape index (κ1) is 17.9. The fourth-order valence-corrected chi connectivity index (χ4v) is 3.30. The monoisotopic (exact) mass is 378 g/mol. The van der Waals surface area contributed by atoms with Crippen LogP contribution in [0.25, 0.3) is 5.69 Å². The van der Waals surface area contributed by atoms with E-state index >= 15 is 0 Å². The van der Waals surface area contributed by atoms with E-state index in [-0.39, 0.29) is 17.3 Å². The molecule has 3 aromatic rings. The number of rotatable bonds is 3. The van der Waals surface area contributed by atoms with Gasteiger partial charge in [-0.05, 0) is 62.7 Å². The van der Waals surface area contributed by atoms with Gasteiger partial charge in [0.05, 0.1) is 5.41 Å². The van der Waals surface area contributed by atoms with Crippen molar-refractivity contribution in [2.75, 3.05) is 10.6 Å². The zero-order chi connectivity index (χ0) is 20.1. The van der Waals surface area contributed by atoms with Gasteiger partial charge >= 0.3 is 0 Å². The summed E-state index contributed by atoms with van der Waals surface area (Å²) in [5.41, 5.74) is 2.55. The van der Waals surface area contributed by atoms with Crippen molar-refractivity contribution >= 4 is 23.2 Å². The molecule has 1 aliphatic rings. The molecule has 2 aromatic carbocycles. The van der Waals surface area contributed by atoms with Gasteiger partial charge in [-0.3, -0.25) is 9.59 Å². The quantitative estimate of drug-likeness (QED) is 0.728. The number of aromatic nitrogens is 2. The first-order valence-electron chi connectivity index (χ1n) is 8.86. The Kier molecular flexibility index (Phi) is 4.03. The summed E-state index contributed by atoms with van der Waals surface area (Å²) < 4.78 is 15.5. The number of para-hydroxylation sites is 1. The van der Waals surface area contributed by atoms with Gasteiger partial charge in [-0.25, -0.2) is 9.07 Å². The molecule has 0 aliphatic carbocycles. The largest absolute Gasteiger partial charge is 0.325 e. The Hall–Kier alpha value is -3.48. The molecule has 0 bridgehead atoms. The zero-order valence-corrected chi connectivity index (χ0v) is 15.7. The molecule has 0 saturated carbocycles. The Morgan fingerprint density at radius 1 is 1.18 bits per heavy atom. The predicted molar refractivity (Wildman–Crippen MR) is 104 cm³/mol. The number of anilines is 2. The molecule has 1 aliphatic heterocycles. The number of fused-ring (bicyclic) bond motifs is 1. The number of hydrogen-bond acceptors (Lipinski definition) is 3. The van der Waals surface area contributed by atoms with Gasteiger partial charge < -0.3 is 10.6 Å². The van der Waals surface area contributed by atoms with E-state index in [1.807, 2.05) is 13.8 Å². The van der Waals surface area contributed by atoms with E-state index in [1.165, 1.54) is 10.7 Å². The molecule has 7 heteroatoms. The molecule has 0 spiro atoms. The minimum atomic E-state index is -0.668. The van der Waals surface area contributed by atoms with Crippen LogP contribution in [0.1, 0.15) is 35.6 Å². The maximum atomic E-state index is 14.0. The average molecular weight is 378 g/mol. The number of halogens is 1. The maximum Gasteiger partial charge on any atom is 0.276 e. The van der Waals surface area contributed by atoms with Crippen molar-refractivity contribution < 1.29 is 14.0 Å². The molecule has 0 fully saturated rings. The number of aryl methyl sites for hydroxylation is 1. The second-order valence-corrected chi connectivity index (χ2v) is 7.33. The maximum absolute atomic E-state index is 14.0. The third-order valence-corrected chi connectivity index (χ3v) is 4.97. The summed E-state index contributed by atoms with van der Waals surface area (Å²) >= 11 is 0. The van der Waals surface area contributed by atoms with Crippen LogP contribution in [0.5, 0.6) is 0 Å². The van der Waals surface area contributed by atoms with Crippen LogP contribution in [0, 0.1) is 12.7 Å². The lowest BCUT2D eigenvalue weighted by atomic mass is 9.86. The van der Waals surface area contributed by atoms with Crippen molar-refractivity contribution in [3.8, 4) is 5.69 Å². The van der Waals surface area contributed by atoms with Crippen molar-refractivity contribution in [3.05, 3.63) is 71.3 Å². The summed E-state index contributed by atoms with van der Waals surface area (Å²) in [5, 5.41) is 9.88. The fourth-order valence-electron chi connectivity index (χ4n) is 3.30. The van der Waals surface area contributed by atoms with Crippen LogP contribution in [0.15, 0.2) is 48.5 Å². The topological polar surface area (TPSA) is 76.0 Å². The summed E-state index contributed by atoms with van der Waals surface area (Å²) in [5.74, 6) is -0.905. The smallest absolute Gasteiger partial charge is 0.276 e. The van der Waals surface area contributed by atoms with Gasteiger partial charge in [-0.1, -0.05) is 12.1 Å². The zero-order valence-electron chi connectivity index (χ0n) is 15.7. The van der Waals surface area contributed by atoms with Crippen LogP contribution in [-0.2, 0) is 10.2 Å². The highest BCUT2D eigenvalue weighted by atomic mass is 19.1. The van der Waals surface area contributed by atoms with Gasteiger partial charge in [-0.15, -0.1) is 0 Å². The van der Waals surface area contributed by atoms with Gasteiger partial charge in [-0.2, -0.15) is 5.10 Å². The standard InChI is InChI=1S/C21H19FN4O2/c1-12-10-17(25-26(12)18-7-5-4-6-15(18)22)19(27)23-13-8-9-16-14(11-13)21(2,3)20(28)24-16/h4-11H,1-3H3,(H,23,27)(H,24,28). The summed E-state index contributed by atoms with van der Waals surface area (Å²) in [6.07, 6.45) is 0. The summed E-state index contributed by atoms with van der Waals surface area (Å²) in [7, 11) is 0. The van der Waals surface area contributed by atoms with E-state index in [1.54, 1.807) is 49.4 Å². The van der Waals surface area contributed by atoms with Crippen LogP contribution in [0.4, 0.5) is 15.8 Å². The molecular formula is C21H19FN4O2. The molecule has 2 heterocycles. The van der Waals surface area contributed by atoms with Crippen LogP contribution >= 0.6 is 0 Å². The van der Waals surface area contributed by atoms with Crippen molar-refractivity contribution in [2.45, 2.75) is 26.2 Å². The van der Waals surface area contributed by atoms with Gasteiger partial charge in [0.15, 0.2) is 5.69 Å². The molecule has 6 nitrogen and oxygen atoms in total. The predicted octanol–water partition coefficient (Wildman–Crippen LogP) is 3.80. The van der Waals surface area contributed by atoms with E-state index in [4.69, 9.17) is 0 Å². The first-order chi connectivity index (χ1) is 13.3. The second kappa shape index (κ2) is 6.30. The van der Waals surface area contributed by atoms with E-state index in [2.05, 4.69) is 15.7 Å².